The predicted octanol–water partition coefficient (Wildman–Crippen LogP) is 0.866. The molecule has 0 radical (unpaired) electrons. The van der Waals surface area contributed by atoms with Crippen LogP contribution < -0.4 is 11.1 Å². The molecule has 1 aliphatic heterocycles. The molecule has 2 heteroatoms. The van der Waals surface area contributed by atoms with E-state index in [4.69, 9.17) is 5.73 Å². The number of rotatable bonds is 0. The van der Waals surface area contributed by atoms with Crippen LogP contribution >= 0.6 is 0 Å². The predicted molar refractivity (Wildman–Crippen MR) is 46.3 cm³/mol. The topological polar surface area (TPSA) is 38.0 Å². The number of nitrogens with two attached hydrogens (primary N) is 1. The van der Waals surface area contributed by atoms with Crippen LogP contribution in [0.4, 0.5) is 0 Å². The van der Waals surface area contributed by atoms with Gasteiger partial charge in [-0.2, -0.15) is 0 Å². The van der Waals surface area contributed by atoms with Crippen molar-refractivity contribution in [2.24, 2.45) is 11.7 Å². The SMILES string of the molecule is N[C@@H]1CC[C@H]2NCCC[C@@H]2C1. The summed E-state index contributed by atoms with van der Waals surface area (Å²) < 4.78 is 0. The molecule has 0 aromatic rings. The minimum Gasteiger partial charge on any atom is -0.328 e. The van der Waals surface area contributed by atoms with E-state index in [-0.39, 0.29) is 0 Å². The van der Waals surface area contributed by atoms with E-state index in [1.54, 1.807) is 0 Å². The third-order valence-corrected chi connectivity index (χ3v) is 3.18. The Morgan fingerprint density at radius 1 is 1.18 bits per heavy atom. The first-order valence-electron chi connectivity index (χ1n) is 4.85. The highest BCUT2D eigenvalue weighted by Crippen LogP contribution is 2.29. The van der Waals surface area contributed by atoms with Crippen LogP contribution in [0.5, 0.6) is 0 Å². The Kier molecular flexibility index (Phi) is 2.14. The van der Waals surface area contributed by atoms with Crippen LogP contribution in [0.25, 0.3) is 0 Å². The highest BCUT2D eigenvalue weighted by atomic mass is 14.9. The minimum absolute atomic E-state index is 0.496. The van der Waals surface area contributed by atoms with Gasteiger partial charge in [0, 0.05) is 12.1 Å². The summed E-state index contributed by atoms with van der Waals surface area (Å²) in [6, 6.07) is 1.31. The van der Waals surface area contributed by atoms with Crippen molar-refractivity contribution in [3.8, 4) is 0 Å². The molecule has 0 bridgehead atoms. The molecule has 2 nitrogen and oxygen atoms in total. The van der Waals surface area contributed by atoms with Gasteiger partial charge in [0.25, 0.3) is 0 Å². The van der Waals surface area contributed by atoms with Crippen LogP contribution in [0, 0.1) is 5.92 Å². The van der Waals surface area contributed by atoms with E-state index < -0.39 is 0 Å². The molecule has 0 spiro atoms. The number of nitrogens with one attached hydrogen (secondary N) is 1. The van der Waals surface area contributed by atoms with Gasteiger partial charge in [0.1, 0.15) is 0 Å². The molecule has 0 aromatic heterocycles. The molecule has 2 aliphatic rings. The maximum atomic E-state index is 5.91. The van der Waals surface area contributed by atoms with Crippen molar-refractivity contribution >= 4 is 0 Å². The van der Waals surface area contributed by atoms with Crippen molar-refractivity contribution in [2.45, 2.75) is 44.2 Å². The molecule has 2 fully saturated rings. The van der Waals surface area contributed by atoms with Gasteiger partial charge < -0.3 is 11.1 Å². The lowest BCUT2D eigenvalue weighted by Gasteiger charge is -2.38. The Morgan fingerprint density at radius 2 is 2.09 bits per heavy atom. The molecule has 1 saturated heterocycles. The van der Waals surface area contributed by atoms with Gasteiger partial charge in [-0.15, -0.1) is 0 Å². The van der Waals surface area contributed by atoms with Gasteiger partial charge >= 0.3 is 0 Å². The third kappa shape index (κ3) is 1.57. The molecular weight excluding hydrogens is 136 g/mol. The average molecular weight is 154 g/mol. The zero-order chi connectivity index (χ0) is 7.68. The molecule has 1 heterocycles. The van der Waals surface area contributed by atoms with E-state index in [0.717, 1.165) is 12.0 Å². The quantitative estimate of drug-likeness (QED) is 0.543. The van der Waals surface area contributed by atoms with Crippen molar-refractivity contribution in [3.63, 3.8) is 0 Å². The first kappa shape index (κ1) is 7.56. The Labute approximate surface area is 68.5 Å². The van der Waals surface area contributed by atoms with Crippen LogP contribution in [-0.4, -0.2) is 18.6 Å². The molecule has 0 amide bonds. The summed E-state index contributed by atoms with van der Waals surface area (Å²) in [5.74, 6) is 0.896. The summed E-state index contributed by atoms with van der Waals surface area (Å²) in [5, 5.41) is 3.59. The lowest BCUT2D eigenvalue weighted by molar-refractivity contribution is 0.195. The fourth-order valence-corrected chi connectivity index (χ4v) is 2.54. The fraction of sp³-hybridized carbons (Fsp3) is 1.00. The molecule has 11 heavy (non-hydrogen) atoms. The largest absolute Gasteiger partial charge is 0.328 e. The number of piperidine rings is 1. The van der Waals surface area contributed by atoms with Crippen molar-refractivity contribution in [3.05, 3.63) is 0 Å². The van der Waals surface area contributed by atoms with Crippen molar-refractivity contribution in [2.75, 3.05) is 6.54 Å². The molecule has 0 unspecified atom stereocenters. The molecule has 3 atom stereocenters. The number of fused-ring (bicyclic) bond motifs is 1. The summed E-state index contributed by atoms with van der Waals surface area (Å²) in [5.41, 5.74) is 5.91. The molecule has 3 N–H and O–H groups in total. The van der Waals surface area contributed by atoms with Crippen molar-refractivity contribution in [1.29, 1.82) is 0 Å². The van der Waals surface area contributed by atoms with E-state index in [0.29, 0.717) is 6.04 Å². The molecule has 1 aliphatic carbocycles. The van der Waals surface area contributed by atoms with E-state index in [2.05, 4.69) is 5.32 Å². The van der Waals surface area contributed by atoms with Gasteiger partial charge in [0.2, 0.25) is 0 Å². The summed E-state index contributed by atoms with van der Waals surface area (Å²) in [4.78, 5) is 0. The molecule has 0 aromatic carbocycles. The Balaban J connectivity index is 1.93. The highest BCUT2D eigenvalue weighted by Gasteiger charge is 2.30. The van der Waals surface area contributed by atoms with Crippen LogP contribution in [-0.2, 0) is 0 Å². The second-order valence-corrected chi connectivity index (χ2v) is 4.04. The van der Waals surface area contributed by atoms with E-state index in [1.807, 2.05) is 0 Å². The zero-order valence-corrected chi connectivity index (χ0v) is 7.05. The standard InChI is InChI=1S/C9H18N2/c10-8-3-4-9-7(6-8)2-1-5-11-9/h7-9,11H,1-6,10H2/t7-,8-,9-/m1/s1. The van der Waals surface area contributed by atoms with Gasteiger partial charge in [-0.3, -0.25) is 0 Å². The van der Waals surface area contributed by atoms with E-state index >= 15 is 0 Å². The van der Waals surface area contributed by atoms with Crippen LogP contribution in [0.2, 0.25) is 0 Å². The number of hydrogen-bond acceptors (Lipinski definition) is 2. The van der Waals surface area contributed by atoms with Crippen LogP contribution in [0.1, 0.15) is 32.1 Å². The summed E-state index contributed by atoms with van der Waals surface area (Å²) in [7, 11) is 0. The maximum Gasteiger partial charge on any atom is 0.00964 e. The minimum atomic E-state index is 0.496. The highest BCUT2D eigenvalue weighted by molar-refractivity contribution is 4.88. The molecule has 1 saturated carbocycles. The monoisotopic (exact) mass is 154 g/mol. The zero-order valence-electron chi connectivity index (χ0n) is 7.05. The van der Waals surface area contributed by atoms with Gasteiger partial charge in [0.15, 0.2) is 0 Å². The molecular formula is C9H18N2. The normalized spacial score (nSPS) is 45.0. The van der Waals surface area contributed by atoms with Gasteiger partial charge in [-0.05, 0) is 44.6 Å². The van der Waals surface area contributed by atoms with Crippen molar-refractivity contribution in [1.82, 2.24) is 5.32 Å². The van der Waals surface area contributed by atoms with E-state index in [9.17, 15) is 0 Å². The second kappa shape index (κ2) is 3.11. The maximum absolute atomic E-state index is 5.91. The van der Waals surface area contributed by atoms with Gasteiger partial charge in [-0.25, -0.2) is 0 Å². The lowest BCUT2D eigenvalue weighted by atomic mass is 9.77. The third-order valence-electron chi connectivity index (χ3n) is 3.18. The smallest absolute Gasteiger partial charge is 0.00964 e. The van der Waals surface area contributed by atoms with Crippen LogP contribution in [0.15, 0.2) is 0 Å². The first-order valence-corrected chi connectivity index (χ1v) is 4.85. The summed E-state index contributed by atoms with van der Waals surface area (Å²) in [6.07, 6.45) is 6.57. The molecule has 64 valence electrons. The van der Waals surface area contributed by atoms with E-state index in [1.165, 1.54) is 38.6 Å². The average Bonchev–Trinajstić information content (AvgIpc) is 2.04. The Bertz CT molecular complexity index is 136. The Morgan fingerprint density at radius 3 is 3.00 bits per heavy atom. The van der Waals surface area contributed by atoms with Gasteiger partial charge in [-0.1, -0.05) is 0 Å². The Hall–Kier alpha value is -0.0800. The molecule has 2 rings (SSSR count). The second-order valence-electron chi connectivity index (χ2n) is 4.04. The number of hydrogen-bond donors (Lipinski definition) is 2. The van der Waals surface area contributed by atoms with Crippen LogP contribution in [0.3, 0.4) is 0 Å². The van der Waals surface area contributed by atoms with Crippen molar-refractivity contribution < 1.29 is 0 Å². The van der Waals surface area contributed by atoms with Gasteiger partial charge in [0.05, 0.1) is 0 Å². The fourth-order valence-electron chi connectivity index (χ4n) is 2.54. The first-order chi connectivity index (χ1) is 5.36. The lowest BCUT2D eigenvalue weighted by Crippen LogP contribution is -2.47. The summed E-state index contributed by atoms with van der Waals surface area (Å²) >= 11 is 0. The summed E-state index contributed by atoms with van der Waals surface area (Å²) in [6.45, 7) is 1.23.